The molecule has 2 aromatic carbocycles. The van der Waals surface area contributed by atoms with Gasteiger partial charge in [-0.05, 0) is 55.2 Å². The molecule has 3 nitrogen and oxygen atoms in total. The second kappa shape index (κ2) is 5.48. The maximum Gasteiger partial charge on any atom is 0.141 e. The first-order valence-electron chi connectivity index (χ1n) is 7.79. The monoisotopic (exact) mass is 293 g/mol. The van der Waals surface area contributed by atoms with Crippen molar-refractivity contribution in [3.05, 3.63) is 47.5 Å². The summed E-state index contributed by atoms with van der Waals surface area (Å²) >= 11 is 0. The molecule has 0 atom stereocenters. The zero-order valence-corrected chi connectivity index (χ0v) is 13.7. The van der Waals surface area contributed by atoms with E-state index in [-0.39, 0.29) is 0 Å². The molecule has 0 saturated carbocycles. The van der Waals surface area contributed by atoms with Crippen LogP contribution in [0.15, 0.2) is 36.4 Å². The lowest BCUT2D eigenvalue weighted by Crippen LogP contribution is -2.06. The number of fused-ring (bicyclic) bond motifs is 1. The van der Waals surface area contributed by atoms with Crippen molar-refractivity contribution in [2.45, 2.75) is 34.2 Å². The quantitative estimate of drug-likeness (QED) is 0.719. The molecule has 3 heteroatoms. The van der Waals surface area contributed by atoms with E-state index in [4.69, 9.17) is 10.7 Å². The fourth-order valence-corrected chi connectivity index (χ4v) is 2.83. The number of nitrogens with zero attached hydrogens (tertiary/aromatic N) is 2. The van der Waals surface area contributed by atoms with E-state index in [1.54, 1.807) is 0 Å². The smallest absolute Gasteiger partial charge is 0.141 e. The second-order valence-electron chi connectivity index (χ2n) is 6.49. The van der Waals surface area contributed by atoms with Crippen LogP contribution in [0.25, 0.3) is 22.4 Å². The fourth-order valence-electron chi connectivity index (χ4n) is 2.83. The van der Waals surface area contributed by atoms with Gasteiger partial charge in [-0.3, -0.25) is 0 Å². The number of nitrogen functional groups attached to an aromatic ring is 1. The summed E-state index contributed by atoms with van der Waals surface area (Å²) in [4.78, 5) is 4.89. The number of hydrogen-bond donors (Lipinski definition) is 1. The maximum absolute atomic E-state index is 5.95. The predicted molar refractivity (Wildman–Crippen MR) is 93.9 cm³/mol. The van der Waals surface area contributed by atoms with Crippen LogP contribution in [0.4, 0.5) is 5.69 Å². The number of hydrogen-bond acceptors (Lipinski definition) is 2. The number of aryl methyl sites for hydroxylation is 2. The summed E-state index contributed by atoms with van der Waals surface area (Å²) in [5, 5.41) is 0. The van der Waals surface area contributed by atoms with Crippen LogP contribution < -0.4 is 5.73 Å². The van der Waals surface area contributed by atoms with Crippen LogP contribution in [0, 0.1) is 19.8 Å². The Morgan fingerprint density at radius 2 is 1.82 bits per heavy atom. The largest absolute Gasteiger partial charge is 0.399 e. The highest BCUT2D eigenvalue weighted by molar-refractivity contribution is 5.82. The van der Waals surface area contributed by atoms with Gasteiger partial charge in [0.05, 0.1) is 11.0 Å². The Hall–Kier alpha value is -2.29. The molecule has 2 N–H and O–H groups in total. The average molecular weight is 293 g/mol. The predicted octanol–water partition coefficient (Wildman–Crippen LogP) is 4.56. The van der Waals surface area contributed by atoms with Crippen molar-refractivity contribution in [3.8, 4) is 11.4 Å². The first kappa shape index (κ1) is 14.6. The molecule has 0 saturated heterocycles. The molecule has 22 heavy (non-hydrogen) atoms. The van der Waals surface area contributed by atoms with Gasteiger partial charge in [0.25, 0.3) is 0 Å². The van der Waals surface area contributed by atoms with Crippen molar-refractivity contribution in [1.29, 1.82) is 0 Å². The molecule has 0 aliphatic heterocycles. The number of imidazole rings is 1. The van der Waals surface area contributed by atoms with Crippen LogP contribution in [-0.2, 0) is 6.54 Å². The first-order chi connectivity index (χ1) is 10.5. The molecular formula is C19H23N3. The molecule has 3 rings (SSSR count). The number of rotatable bonds is 3. The van der Waals surface area contributed by atoms with E-state index < -0.39 is 0 Å². The first-order valence-corrected chi connectivity index (χ1v) is 7.79. The summed E-state index contributed by atoms with van der Waals surface area (Å²) in [5.41, 5.74) is 12.6. The van der Waals surface area contributed by atoms with Gasteiger partial charge in [-0.25, -0.2) is 4.98 Å². The Labute approximate surface area is 131 Å². The highest BCUT2D eigenvalue weighted by Gasteiger charge is 2.14. The molecule has 1 heterocycles. The summed E-state index contributed by atoms with van der Waals surface area (Å²) in [6.07, 6.45) is 0. The number of nitrogens with two attached hydrogens (primary N) is 1. The highest BCUT2D eigenvalue weighted by Crippen LogP contribution is 2.28. The molecule has 0 aliphatic rings. The third kappa shape index (κ3) is 2.59. The normalized spacial score (nSPS) is 11.5. The van der Waals surface area contributed by atoms with Crippen molar-refractivity contribution < 1.29 is 0 Å². The lowest BCUT2D eigenvalue weighted by Gasteiger charge is -2.12. The van der Waals surface area contributed by atoms with Gasteiger partial charge in [0.15, 0.2) is 0 Å². The van der Waals surface area contributed by atoms with Gasteiger partial charge in [-0.15, -0.1) is 0 Å². The van der Waals surface area contributed by atoms with Crippen molar-refractivity contribution >= 4 is 16.7 Å². The molecular weight excluding hydrogens is 270 g/mol. The number of benzene rings is 2. The minimum Gasteiger partial charge on any atom is -0.399 e. The van der Waals surface area contributed by atoms with Gasteiger partial charge < -0.3 is 10.3 Å². The summed E-state index contributed by atoms with van der Waals surface area (Å²) in [7, 11) is 0. The van der Waals surface area contributed by atoms with Crippen molar-refractivity contribution in [2.24, 2.45) is 5.92 Å². The van der Waals surface area contributed by atoms with Crippen LogP contribution in [0.1, 0.15) is 25.0 Å². The van der Waals surface area contributed by atoms with Gasteiger partial charge in [-0.2, -0.15) is 0 Å². The molecule has 114 valence electrons. The van der Waals surface area contributed by atoms with Crippen molar-refractivity contribution in [2.75, 3.05) is 5.73 Å². The molecule has 0 unspecified atom stereocenters. The summed E-state index contributed by atoms with van der Waals surface area (Å²) < 4.78 is 2.32. The van der Waals surface area contributed by atoms with Gasteiger partial charge in [0.2, 0.25) is 0 Å². The Bertz CT molecular complexity index is 828. The summed E-state index contributed by atoms with van der Waals surface area (Å²) in [6.45, 7) is 9.70. The Kier molecular flexibility index (Phi) is 3.65. The molecule has 3 aromatic rings. The van der Waals surface area contributed by atoms with E-state index >= 15 is 0 Å². The summed E-state index contributed by atoms with van der Waals surface area (Å²) in [6, 6.07) is 12.4. The standard InChI is InChI=1S/C19H23N3/c1-12(2)11-22-18-9-14(4)13(3)8-17(18)21-19(22)15-6-5-7-16(20)10-15/h5-10,12H,11,20H2,1-4H3. The van der Waals surface area contributed by atoms with Crippen molar-refractivity contribution in [3.63, 3.8) is 0 Å². The third-order valence-electron chi connectivity index (χ3n) is 4.06. The van der Waals surface area contributed by atoms with Crippen LogP contribution in [0.3, 0.4) is 0 Å². The average Bonchev–Trinajstić information content (AvgIpc) is 2.77. The van der Waals surface area contributed by atoms with Gasteiger partial charge in [-0.1, -0.05) is 26.0 Å². The second-order valence-corrected chi connectivity index (χ2v) is 6.49. The maximum atomic E-state index is 5.95. The Balaban J connectivity index is 2.28. The number of aromatic nitrogens is 2. The van der Waals surface area contributed by atoms with Crippen LogP contribution in [-0.4, -0.2) is 9.55 Å². The molecule has 0 bridgehead atoms. The van der Waals surface area contributed by atoms with Gasteiger partial charge in [0, 0.05) is 17.8 Å². The van der Waals surface area contributed by atoms with E-state index in [2.05, 4.69) is 50.5 Å². The Morgan fingerprint density at radius 1 is 1.09 bits per heavy atom. The lowest BCUT2D eigenvalue weighted by molar-refractivity contribution is 0.536. The van der Waals surface area contributed by atoms with Gasteiger partial charge >= 0.3 is 0 Å². The highest BCUT2D eigenvalue weighted by atomic mass is 15.1. The molecule has 0 radical (unpaired) electrons. The minimum absolute atomic E-state index is 0.554. The topological polar surface area (TPSA) is 43.8 Å². The fraction of sp³-hybridized carbons (Fsp3) is 0.316. The zero-order chi connectivity index (χ0) is 15.9. The Morgan fingerprint density at radius 3 is 2.50 bits per heavy atom. The van der Waals surface area contributed by atoms with Crippen molar-refractivity contribution in [1.82, 2.24) is 9.55 Å². The number of anilines is 1. The molecule has 1 aromatic heterocycles. The van der Waals surface area contributed by atoms with E-state index in [1.165, 1.54) is 16.6 Å². The summed E-state index contributed by atoms with van der Waals surface area (Å²) in [5.74, 6) is 1.56. The third-order valence-corrected chi connectivity index (χ3v) is 4.06. The molecule has 0 aliphatic carbocycles. The van der Waals surface area contributed by atoms with Gasteiger partial charge in [0.1, 0.15) is 5.82 Å². The van der Waals surface area contributed by atoms with E-state index in [1.807, 2.05) is 18.2 Å². The van der Waals surface area contributed by atoms with Crippen LogP contribution in [0.2, 0.25) is 0 Å². The van der Waals surface area contributed by atoms with E-state index in [0.717, 1.165) is 29.1 Å². The molecule has 0 spiro atoms. The van der Waals surface area contributed by atoms with Crippen LogP contribution in [0.5, 0.6) is 0 Å². The van der Waals surface area contributed by atoms with E-state index in [0.29, 0.717) is 5.92 Å². The SMILES string of the molecule is Cc1cc2nc(-c3cccc(N)c3)n(CC(C)C)c2cc1C. The van der Waals surface area contributed by atoms with Crippen LogP contribution >= 0.6 is 0 Å². The molecule has 0 fully saturated rings. The molecule has 0 amide bonds. The minimum atomic E-state index is 0.554. The van der Waals surface area contributed by atoms with E-state index in [9.17, 15) is 0 Å². The lowest BCUT2D eigenvalue weighted by atomic mass is 10.1. The zero-order valence-electron chi connectivity index (χ0n) is 13.7.